The molecule has 3 N–H and O–H groups in total. The van der Waals surface area contributed by atoms with E-state index in [4.69, 9.17) is 9.26 Å². The van der Waals surface area contributed by atoms with Gasteiger partial charge in [0.1, 0.15) is 18.1 Å². The minimum atomic E-state index is -0.412. The summed E-state index contributed by atoms with van der Waals surface area (Å²) >= 11 is 0. The number of halogens is 1. The van der Waals surface area contributed by atoms with E-state index in [1.54, 1.807) is 24.3 Å². The van der Waals surface area contributed by atoms with Crippen molar-refractivity contribution in [2.24, 2.45) is 5.92 Å². The molecule has 2 atom stereocenters. The fourth-order valence-electron chi connectivity index (χ4n) is 2.84. The summed E-state index contributed by atoms with van der Waals surface area (Å²) in [7, 11) is 0. The number of aryl methyl sites for hydroxylation is 2. The molecule has 142 valence electrons. The van der Waals surface area contributed by atoms with Crippen LogP contribution in [0.5, 0.6) is 5.75 Å². The van der Waals surface area contributed by atoms with Crippen molar-refractivity contribution in [3.8, 4) is 5.75 Å². The van der Waals surface area contributed by atoms with E-state index in [9.17, 15) is 9.90 Å². The molecule has 1 fully saturated rings. The number of carbonyl (C=O) groups excluding carboxylic acids is 1. The Kier molecular flexibility index (Phi) is 7.02. The number of nitrogens with zero attached hydrogens (tertiary/aromatic N) is 1. The maximum absolute atomic E-state index is 12.3. The van der Waals surface area contributed by atoms with Gasteiger partial charge in [-0.1, -0.05) is 11.2 Å². The van der Waals surface area contributed by atoms with Gasteiger partial charge in [0.15, 0.2) is 0 Å². The van der Waals surface area contributed by atoms with Gasteiger partial charge in [-0.2, -0.15) is 0 Å². The summed E-state index contributed by atoms with van der Waals surface area (Å²) in [5.74, 6) is 1.20. The zero-order valence-corrected chi connectivity index (χ0v) is 15.6. The third-order valence-corrected chi connectivity index (χ3v) is 4.49. The first-order valence-electron chi connectivity index (χ1n) is 8.36. The van der Waals surface area contributed by atoms with Crippen LogP contribution in [0.3, 0.4) is 0 Å². The molecule has 0 aliphatic carbocycles. The Balaban J connectivity index is 0.00000243. The summed E-state index contributed by atoms with van der Waals surface area (Å²) in [6.45, 7) is 5.77. The van der Waals surface area contributed by atoms with Gasteiger partial charge in [0.2, 0.25) is 0 Å². The Bertz CT molecular complexity index is 730. The molecule has 8 heteroatoms. The minimum absolute atomic E-state index is 0. The SMILES string of the molecule is Cc1noc(C)c1COc1cccc(C(=O)NCC2CNCC2O)c1.Cl. The molecule has 2 heterocycles. The summed E-state index contributed by atoms with van der Waals surface area (Å²) in [4.78, 5) is 12.3. The normalized spacial score (nSPS) is 19.0. The van der Waals surface area contributed by atoms with E-state index in [1.165, 1.54) is 0 Å². The molecule has 1 aromatic carbocycles. The van der Waals surface area contributed by atoms with Gasteiger partial charge in [-0.05, 0) is 32.0 Å². The highest BCUT2D eigenvalue weighted by molar-refractivity contribution is 5.94. The third-order valence-electron chi connectivity index (χ3n) is 4.49. The maximum Gasteiger partial charge on any atom is 0.251 e. The number of β-amino-alcohol motifs (C(OH)–C–C–N with tert-alkyl or cyclic N) is 1. The lowest BCUT2D eigenvalue weighted by molar-refractivity contribution is 0.0926. The van der Waals surface area contributed by atoms with E-state index in [0.29, 0.717) is 37.6 Å². The van der Waals surface area contributed by atoms with E-state index >= 15 is 0 Å². The predicted octanol–water partition coefficient (Wildman–Crippen LogP) is 1.60. The average molecular weight is 382 g/mol. The number of ether oxygens (including phenoxy) is 1. The molecule has 0 radical (unpaired) electrons. The lowest BCUT2D eigenvalue weighted by Gasteiger charge is -2.14. The van der Waals surface area contributed by atoms with E-state index in [-0.39, 0.29) is 24.2 Å². The van der Waals surface area contributed by atoms with Gasteiger partial charge >= 0.3 is 0 Å². The van der Waals surface area contributed by atoms with Crippen molar-refractivity contribution < 1.29 is 19.2 Å². The van der Waals surface area contributed by atoms with E-state index in [0.717, 1.165) is 17.0 Å². The number of amides is 1. The molecule has 1 amide bonds. The van der Waals surface area contributed by atoms with Crippen LogP contribution in [0.4, 0.5) is 0 Å². The van der Waals surface area contributed by atoms with Crippen molar-refractivity contribution in [1.82, 2.24) is 15.8 Å². The number of aliphatic hydroxyl groups excluding tert-OH is 1. The van der Waals surface area contributed by atoms with Gasteiger partial charge in [-0.25, -0.2) is 0 Å². The molecule has 0 bridgehead atoms. The second-order valence-electron chi connectivity index (χ2n) is 6.31. The van der Waals surface area contributed by atoms with Crippen LogP contribution in [0.25, 0.3) is 0 Å². The maximum atomic E-state index is 12.3. The second kappa shape index (κ2) is 9.02. The second-order valence-corrected chi connectivity index (χ2v) is 6.31. The molecular formula is C18H24ClN3O4. The van der Waals surface area contributed by atoms with Gasteiger partial charge in [0, 0.05) is 31.1 Å². The highest BCUT2D eigenvalue weighted by atomic mass is 35.5. The monoisotopic (exact) mass is 381 g/mol. The van der Waals surface area contributed by atoms with Crippen LogP contribution in [0, 0.1) is 19.8 Å². The zero-order chi connectivity index (χ0) is 17.8. The number of carbonyl (C=O) groups is 1. The summed E-state index contributed by atoms with van der Waals surface area (Å²) < 4.78 is 10.9. The number of hydrogen-bond donors (Lipinski definition) is 3. The molecule has 26 heavy (non-hydrogen) atoms. The summed E-state index contributed by atoms with van der Waals surface area (Å²) in [5, 5.41) is 19.6. The Morgan fingerprint density at radius 1 is 1.42 bits per heavy atom. The fraction of sp³-hybridized carbons (Fsp3) is 0.444. The van der Waals surface area contributed by atoms with E-state index in [2.05, 4.69) is 15.8 Å². The van der Waals surface area contributed by atoms with Crippen molar-refractivity contribution in [1.29, 1.82) is 0 Å². The Hall–Kier alpha value is -2.09. The smallest absolute Gasteiger partial charge is 0.251 e. The Morgan fingerprint density at radius 2 is 2.23 bits per heavy atom. The molecule has 7 nitrogen and oxygen atoms in total. The topological polar surface area (TPSA) is 96.6 Å². The summed E-state index contributed by atoms with van der Waals surface area (Å²) in [6, 6.07) is 7.03. The number of aromatic nitrogens is 1. The van der Waals surface area contributed by atoms with Crippen molar-refractivity contribution >= 4 is 18.3 Å². The molecular weight excluding hydrogens is 358 g/mol. The van der Waals surface area contributed by atoms with Crippen molar-refractivity contribution in [2.75, 3.05) is 19.6 Å². The lowest BCUT2D eigenvalue weighted by Crippen LogP contribution is -2.34. The molecule has 1 saturated heterocycles. The van der Waals surface area contributed by atoms with Crippen LogP contribution in [0.2, 0.25) is 0 Å². The highest BCUT2D eigenvalue weighted by Gasteiger charge is 2.25. The first-order valence-corrected chi connectivity index (χ1v) is 8.36. The lowest BCUT2D eigenvalue weighted by atomic mass is 10.1. The van der Waals surface area contributed by atoms with Crippen LogP contribution in [0.1, 0.15) is 27.4 Å². The molecule has 1 aliphatic rings. The first-order chi connectivity index (χ1) is 12.0. The number of rotatable bonds is 6. The van der Waals surface area contributed by atoms with Gasteiger partial charge in [-0.15, -0.1) is 12.4 Å². The van der Waals surface area contributed by atoms with E-state index in [1.807, 2.05) is 13.8 Å². The van der Waals surface area contributed by atoms with Gasteiger partial charge in [0.25, 0.3) is 5.91 Å². The number of aliphatic hydroxyl groups is 1. The number of nitrogens with one attached hydrogen (secondary N) is 2. The van der Waals surface area contributed by atoms with Crippen LogP contribution in [-0.4, -0.2) is 41.9 Å². The van der Waals surface area contributed by atoms with Crippen LogP contribution < -0.4 is 15.4 Å². The fourth-order valence-corrected chi connectivity index (χ4v) is 2.84. The molecule has 0 spiro atoms. The summed E-state index contributed by atoms with van der Waals surface area (Å²) in [5.41, 5.74) is 2.24. The minimum Gasteiger partial charge on any atom is -0.489 e. The summed E-state index contributed by atoms with van der Waals surface area (Å²) in [6.07, 6.45) is -0.412. The molecule has 1 aromatic heterocycles. The van der Waals surface area contributed by atoms with Crippen molar-refractivity contribution in [3.63, 3.8) is 0 Å². The van der Waals surface area contributed by atoms with Gasteiger partial charge in [-0.3, -0.25) is 4.79 Å². The first kappa shape index (κ1) is 20.2. The Morgan fingerprint density at radius 3 is 2.88 bits per heavy atom. The van der Waals surface area contributed by atoms with Gasteiger partial charge < -0.3 is 25.0 Å². The molecule has 0 saturated carbocycles. The van der Waals surface area contributed by atoms with E-state index < -0.39 is 6.10 Å². The highest BCUT2D eigenvalue weighted by Crippen LogP contribution is 2.18. The average Bonchev–Trinajstić information content (AvgIpc) is 3.16. The van der Waals surface area contributed by atoms with Crippen molar-refractivity contribution in [2.45, 2.75) is 26.6 Å². The number of benzene rings is 1. The van der Waals surface area contributed by atoms with Gasteiger partial charge in [0.05, 0.1) is 17.4 Å². The Labute approximate surface area is 158 Å². The molecule has 1 aliphatic heterocycles. The molecule has 2 aromatic rings. The number of hydrogen-bond acceptors (Lipinski definition) is 6. The molecule has 2 unspecified atom stereocenters. The van der Waals surface area contributed by atoms with Crippen LogP contribution in [-0.2, 0) is 6.61 Å². The standard InChI is InChI=1S/C18H23N3O4.ClH/c1-11-16(12(2)25-21-11)10-24-15-5-3-4-13(6-15)18(23)20-8-14-7-19-9-17(14)22;/h3-6,14,17,19,22H,7-10H2,1-2H3,(H,20,23);1H. The van der Waals surface area contributed by atoms with Crippen LogP contribution >= 0.6 is 12.4 Å². The largest absolute Gasteiger partial charge is 0.489 e. The zero-order valence-electron chi connectivity index (χ0n) is 14.8. The van der Waals surface area contributed by atoms with Crippen LogP contribution in [0.15, 0.2) is 28.8 Å². The molecule has 3 rings (SSSR count). The predicted molar refractivity (Wildman–Crippen MR) is 98.7 cm³/mol. The third kappa shape index (κ3) is 4.75. The van der Waals surface area contributed by atoms with Crippen molar-refractivity contribution in [3.05, 3.63) is 46.8 Å². The quantitative estimate of drug-likeness (QED) is 0.703.